The van der Waals surface area contributed by atoms with E-state index >= 15 is 0 Å². The van der Waals surface area contributed by atoms with Crippen molar-refractivity contribution in [3.63, 3.8) is 0 Å². The average Bonchev–Trinajstić information content (AvgIpc) is 2.46. The minimum atomic E-state index is 0.00947. The van der Waals surface area contributed by atoms with E-state index in [9.17, 15) is 4.79 Å². The molecule has 1 heterocycles. The highest BCUT2D eigenvalue weighted by Crippen LogP contribution is 2.19. The van der Waals surface area contributed by atoms with Crippen molar-refractivity contribution >= 4 is 17.2 Å². The summed E-state index contributed by atoms with van der Waals surface area (Å²) in [7, 11) is 0. The number of nitrogens with one attached hydrogen (secondary N) is 1. The van der Waals surface area contributed by atoms with Crippen LogP contribution in [-0.2, 0) is 0 Å². The van der Waals surface area contributed by atoms with Crippen LogP contribution in [0, 0.1) is 0 Å². The van der Waals surface area contributed by atoms with E-state index in [1.807, 2.05) is 12.1 Å². The molecule has 4 nitrogen and oxygen atoms in total. The van der Waals surface area contributed by atoms with E-state index in [2.05, 4.69) is 17.1 Å². The van der Waals surface area contributed by atoms with Gasteiger partial charge in [0.2, 0.25) is 0 Å². The van der Waals surface area contributed by atoms with Crippen molar-refractivity contribution in [2.75, 3.05) is 30.7 Å². The van der Waals surface area contributed by atoms with Gasteiger partial charge >= 0.3 is 0 Å². The number of carbonyl (C=O) groups excluding carboxylic acids is 1. The van der Waals surface area contributed by atoms with Gasteiger partial charge in [-0.05, 0) is 58.0 Å². The molecule has 1 aromatic carbocycles. The Bertz CT molecular complexity index is 467. The molecule has 0 aromatic heterocycles. The summed E-state index contributed by atoms with van der Waals surface area (Å²) in [5, 5.41) is 3.41. The van der Waals surface area contributed by atoms with Crippen molar-refractivity contribution in [3.05, 3.63) is 23.8 Å². The lowest BCUT2D eigenvalue weighted by molar-refractivity contribution is 0.101. The number of rotatable bonds is 5. The van der Waals surface area contributed by atoms with Gasteiger partial charge in [0.05, 0.1) is 0 Å². The molecule has 3 N–H and O–H groups in total. The highest BCUT2D eigenvalue weighted by atomic mass is 16.1. The first-order valence-electron chi connectivity index (χ1n) is 7.46. The summed E-state index contributed by atoms with van der Waals surface area (Å²) in [4.78, 5) is 14.0. The average molecular weight is 275 g/mol. The minimum Gasteiger partial charge on any atom is -0.398 e. The summed E-state index contributed by atoms with van der Waals surface area (Å²) in [6, 6.07) is 6.09. The molecule has 0 radical (unpaired) electrons. The molecule has 1 aliphatic heterocycles. The number of nitrogens with two attached hydrogens (primary N) is 1. The van der Waals surface area contributed by atoms with Crippen LogP contribution in [0.25, 0.3) is 0 Å². The normalized spacial score (nSPS) is 17.7. The standard InChI is InChI=1S/C16H25N3O/c1-12(19-8-4-3-5-9-19)11-18-14-6-7-16(17)15(10-14)13(2)20/h6-7,10,12,18H,3-5,8-9,11,17H2,1-2H3. The summed E-state index contributed by atoms with van der Waals surface area (Å²) in [5.41, 5.74) is 7.92. The van der Waals surface area contributed by atoms with E-state index in [-0.39, 0.29) is 5.78 Å². The third kappa shape index (κ3) is 3.73. The van der Waals surface area contributed by atoms with E-state index in [0.717, 1.165) is 12.2 Å². The van der Waals surface area contributed by atoms with Gasteiger partial charge in [0.15, 0.2) is 5.78 Å². The van der Waals surface area contributed by atoms with Crippen molar-refractivity contribution in [3.8, 4) is 0 Å². The van der Waals surface area contributed by atoms with Gasteiger partial charge in [0.25, 0.3) is 0 Å². The zero-order chi connectivity index (χ0) is 14.5. The number of ketones is 1. The molecule has 4 heteroatoms. The quantitative estimate of drug-likeness (QED) is 0.641. The zero-order valence-electron chi connectivity index (χ0n) is 12.5. The first kappa shape index (κ1) is 14.9. The van der Waals surface area contributed by atoms with Crippen LogP contribution < -0.4 is 11.1 Å². The molecule has 20 heavy (non-hydrogen) atoms. The maximum absolute atomic E-state index is 11.5. The summed E-state index contributed by atoms with van der Waals surface area (Å²) in [5.74, 6) is 0.00947. The number of anilines is 2. The Morgan fingerprint density at radius 2 is 2.05 bits per heavy atom. The Hall–Kier alpha value is -1.55. The number of nitrogen functional groups attached to an aromatic ring is 1. The third-order valence-electron chi connectivity index (χ3n) is 4.05. The maximum atomic E-state index is 11.5. The first-order valence-corrected chi connectivity index (χ1v) is 7.46. The number of likely N-dealkylation sites (tertiary alicyclic amines) is 1. The van der Waals surface area contributed by atoms with E-state index in [0.29, 0.717) is 17.3 Å². The van der Waals surface area contributed by atoms with Crippen molar-refractivity contribution < 1.29 is 4.79 Å². The van der Waals surface area contributed by atoms with Crippen molar-refractivity contribution in [2.45, 2.75) is 39.2 Å². The van der Waals surface area contributed by atoms with Gasteiger partial charge in [-0.3, -0.25) is 9.69 Å². The highest BCUT2D eigenvalue weighted by Gasteiger charge is 2.16. The molecular weight excluding hydrogens is 250 g/mol. The molecule has 110 valence electrons. The minimum absolute atomic E-state index is 0.00947. The smallest absolute Gasteiger partial charge is 0.161 e. The molecule has 1 fully saturated rings. The lowest BCUT2D eigenvalue weighted by atomic mass is 10.1. The number of carbonyl (C=O) groups is 1. The number of nitrogens with zero attached hydrogens (tertiary/aromatic N) is 1. The predicted octanol–water partition coefficient (Wildman–Crippen LogP) is 2.76. The third-order valence-corrected chi connectivity index (χ3v) is 4.05. The second kappa shape index (κ2) is 6.75. The lowest BCUT2D eigenvalue weighted by Crippen LogP contribution is -2.41. The zero-order valence-corrected chi connectivity index (χ0v) is 12.5. The van der Waals surface area contributed by atoms with Crippen LogP contribution in [0.5, 0.6) is 0 Å². The van der Waals surface area contributed by atoms with E-state index in [1.54, 1.807) is 13.0 Å². The Labute approximate surface area is 121 Å². The Morgan fingerprint density at radius 3 is 2.70 bits per heavy atom. The fourth-order valence-electron chi connectivity index (χ4n) is 2.72. The van der Waals surface area contributed by atoms with Crippen LogP contribution in [0.3, 0.4) is 0 Å². The molecule has 1 aliphatic rings. The molecule has 1 unspecified atom stereocenters. The molecule has 2 rings (SSSR count). The molecular formula is C16H25N3O. The Balaban J connectivity index is 1.93. The van der Waals surface area contributed by atoms with Gasteiger partial charge in [-0.15, -0.1) is 0 Å². The molecule has 1 atom stereocenters. The maximum Gasteiger partial charge on any atom is 0.161 e. The predicted molar refractivity (Wildman–Crippen MR) is 84.2 cm³/mol. The largest absolute Gasteiger partial charge is 0.398 e. The second-order valence-electron chi connectivity index (χ2n) is 5.68. The molecule has 0 amide bonds. The van der Waals surface area contributed by atoms with Crippen molar-refractivity contribution in [1.29, 1.82) is 0 Å². The van der Waals surface area contributed by atoms with Crippen molar-refractivity contribution in [2.24, 2.45) is 0 Å². The number of Topliss-reactive ketones (excluding diaryl/α,β-unsaturated/α-hetero) is 1. The Kier molecular flexibility index (Phi) is 5.01. The van der Waals surface area contributed by atoms with Crippen LogP contribution in [0.4, 0.5) is 11.4 Å². The number of hydrogen-bond acceptors (Lipinski definition) is 4. The molecule has 0 spiro atoms. The summed E-state index contributed by atoms with van der Waals surface area (Å²) >= 11 is 0. The van der Waals surface area contributed by atoms with Gasteiger partial charge in [-0.25, -0.2) is 0 Å². The summed E-state index contributed by atoms with van der Waals surface area (Å²) in [6.07, 6.45) is 3.97. The number of hydrogen-bond donors (Lipinski definition) is 2. The van der Waals surface area contributed by atoms with Gasteiger partial charge < -0.3 is 11.1 Å². The molecule has 1 aromatic rings. The van der Waals surface area contributed by atoms with Crippen LogP contribution in [0.1, 0.15) is 43.5 Å². The molecule has 0 aliphatic carbocycles. The van der Waals surface area contributed by atoms with Crippen LogP contribution in [0.2, 0.25) is 0 Å². The van der Waals surface area contributed by atoms with Gasteiger partial charge in [0.1, 0.15) is 0 Å². The van der Waals surface area contributed by atoms with Crippen LogP contribution in [-0.4, -0.2) is 36.4 Å². The summed E-state index contributed by atoms with van der Waals surface area (Å²) < 4.78 is 0. The lowest BCUT2D eigenvalue weighted by Gasteiger charge is -2.32. The number of piperidine rings is 1. The Morgan fingerprint density at radius 1 is 1.35 bits per heavy atom. The van der Waals surface area contributed by atoms with Gasteiger partial charge in [0, 0.05) is 29.5 Å². The van der Waals surface area contributed by atoms with E-state index in [1.165, 1.54) is 32.4 Å². The molecule has 0 bridgehead atoms. The molecule has 0 saturated carbocycles. The summed E-state index contributed by atoms with van der Waals surface area (Å²) in [6.45, 7) is 7.08. The first-order chi connectivity index (χ1) is 9.58. The van der Waals surface area contributed by atoms with Crippen LogP contribution in [0.15, 0.2) is 18.2 Å². The second-order valence-corrected chi connectivity index (χ2v) is 5.68. The number of benzene rings is 1. The topological polar surface area (TPSA) is 58.4 Å². The van der Waals surface area contributed by atoms with Crippen LogP contribution >= 0.6 is 0 Å². The van der Waals surface area contributed by atoms with Crippen molar-refractivity contribution in [1.82, 2.24) is 4.90 Å². The fourth-order valence-corrected chi connectivity index (χ4v) is 2.72. The van der Waals surface area contributed by atoms with E-state index < -0.39 is 0 Å². The highest BCUT2D eigenvalue weighted by molar-refractivity contribution is 5.99. The van der Waals surface area contributed by atoms with Gasteiger partial charge in [-0.1, -0.05) is 6.42 Å². The molecule has 1 saturated heterocycles. The SMILES string of the molecule is CC(=O)c1cc(NCC(C)N2CCCCC2)ccc1N. The fraction of sp³-hybridized carbons (Fsp3) is 0.562. The monoisotopic (exact) mass is 275 g/mol. The van der Waals surface area contributed by atoms with E-state index in [4.69, 9.17) is 5.73 Å². The van der Waals surface area contributed by atoms with Gasteiger partial charge in [-0.2, -0.15) is 0 Å².